The number of hydrogen-bond acceptors (Lipinski definition) is 4. The topological polar surface area (TPSA) is 76.4 Å². The van der Waals surface area contributed by atoms with Crippen molar-refractivity contribution in [3.8, 4) is 0 Å². The van der Waals surface area contributed by atoms with E-state index in [1.54, 1.807) is 12.1 Å². The van der Waals surface area contributed by atoms with Crippen LogP contribution < -0.4 is 5.32 Å². The van der Waals surface area contributed by atoms with Crippen molar-refractivity contribution < 1.29 is 17.6 Å². The molecule has 1 aliphatic heterocycles. The van der Waals surface area contributed by atoms with Gasteiger partial charge >= 0.3 is 0 Å². The predicted octanol–water partition coefficient (Wildman–Crippen LogP) is 0.834. The Bertz CT molecular complexity index is 478. The number of nitrogens with one attached hydrogen (secondary N) is 1. The van der Waals surface area contributed by atoms with Crippen LogP contribution in [0.1, 0.15) is 23.4 Å². The van der Waals surface area contributed by atoms with Gasteiger partial charge in [-0.1, -0.05) is 0 Å². The minimum atomic E-state index is -2.82. The molecular weight excluding hydrogens is 242 g/mol. The van der Waals surface area contributed by atoms with E-state index in [9.17, 15) is 13.2 Å². The van der Waals surface area contributed by atoms with Crippen LogP contribution in [-0.2, 0) is 9.84 Å². The third-order valence-corrected chi connectivity index (χ3v) is 4.75. The summed E-state index contributed by atoms with van der Waals surface area (Å²) in [7, 11) is -2.82. The average molecular weight is 257 g/mol. The summed E-state index contributed by atoms with van der Waals surface area (Å²) >= 11 is 0. The van der Waals surface area contributed by atoms with Gasteiger partial charge in [-0.3, -0.25) is 4.79 Å². The number of amides is 1. The van der Waals surface area contributed by atoms with Crippen molar-refractivity contribution in [2.45, 2.75) is 12.8 Å². The van der Waals surface area contributed by atoms with Crippen molar-refractivity contribution in [3.63, 3.8) is 0 Å². The molecule has 1 aromatic rings. The first-order chi connectivity index (χ1) is 8.07. The molecule has 0 saturated carbocycles. The molecule has 1 fully saturated rings. The molecule has 2 rings (SSSR count). The third-order valence-electron chi connectivity index (χ3n) is 2.91. The first kappa shape index (κ1) is 12.2. The lowest BCUT2D eigenvalue weighted by atomic mass is 10.1. The van der Waals surface area contributed by atoms with Gasteiger partial charge < -0.3 is 9.73 Å². The molecule has 1 aromatic heterocycles. The Balaban J connectivity index is 1.72. The molecule has 1 aliphatic rings. The summed E-state index contributed by atoms with van der Waals surface area (Å²) in [6.07, 6.45) is 2.85. The van der Waals surface area contributed by atoms with Crippen LogP contribution in [0.4, 0.5) is 0 Å². The number of furan rings is 1. The molecular formula is C11H15NO4S. The molecule has 0 aromatic carbocycles. The minimum Gasteiger partial charge on any atom is -0.459 e. The maximum Gasteiger partial charge on any atom is 0.286 e. The van der Waals surface area contributed by atoms with Gasteiger partial charge in [-0.25, -0.2) is 8.42 Å². The Kier molecular flexibility index (Phi) is 3.51. The molecule has 2 heterocycles. The second-order valence-corrected chi connectivity index (χ2v) is 6.52. The van der Waals surface area contributed by atoms with Crippen LogP contribution in [0.25, 0.3) is 0 Å². The van der Waals surface area contributed by atoms with Gasteiger partial charge in [0.1, 0.15) is 0 Å². The quantitative estimate of drug-likeness (QED) is 0.867. The summed E-state index contributed by atoms with van der Waals surface area (Å²) in [5.74, 6) is 0.741. The minimum absolute atomic E-state index is 0.178. The van der Waals surface area contributed by atoms with Crippen molar-refractivity contribution in [1.82, 2.24) is 5.32 Å². The van der Waals surface area contributed by atoms with Gasteiger partial charge in [0, 0.05) is 6.54 Å². The lowest BCUT2D eigenvalue weighted by molar-refractivity contribution is 0.0924. The van der Waals surface area contributed by atoms with E-state index < -0.39 is 9.84 Å². The first-order valence-electron chi connectivity index (χ1n) is 5.59. The van der Waals surface area contributed by atoms with Crippen molar-refractivity contribution in [1.29, 1.82) is 0 Å². The fourth-order valence-electron chi connectivity index (χ4n) is 1.98. The zero-order chi connectivity index (χ0) is 12.3. The number of carbonyl (C=O) groups excluding carboxylic acids is 1. The molecule has 0 spiro atoms. The predicted molar refractivity (Wildman–Crippen MR) is 62.4 cm³/mol. The Morgan fingerprint density at radius 2 is 2.35 bits per heavy atom. The highest BCUT2D eigenvalue weighted by Gasteiger charge is 2.27. The van der Waals surface area contributed by atoms with Crippen LogP contribution in [0.5, 0.6) is 0 Å². The zero-order valence-electron chi connectivity index (χ0n) is 9.39. The number of rotatable bonds is 4. The Morgan fingerprint density at radius 1 is 1.53 bits per heavy atom. The second-order valence-electron chi connectivity index (χ2n) is 4.29. The number of hydrogen-bond donors (Lipinski definition) is 1. The van der Waals surface area contributed by atoms with E-state index in [4.69, 9.17) is 4.42 Å². The van der Waals surface area contributed by atoms with Crippen molar-refractivity contribution in [3.05, 3.63) is 24.2 Å². The Morgan fingerprint density at radius 3 is 2.94 bits per heavy atom. The van der Waals surface area contributed by atoms with Gasteiger partial charge in [-0.15, -0.1) is 0 Å². The van der Waals surface area contributed by atoms with Gasteiger partial charge in [0.2, 0.25) is 0 Å². The van der Waals surface area contributed by atoms with E-state index in [0.717, 1.165) is 0 Å². The van der Waals surface area contributed by atoms with Gasteiger partial charge in [0.05, 0.1) is 17.8 Å². The highest BCUT2D eigenvalue weighted by molar-refractivity contribution is 7.91. The highest BCUT2D eigenvalue weighted by Crippen LogP contribution is 2.20. The molecule has 1 atom stereocenters. The second kappa shape index (κ2) is 4.91. The molecule has 6 heteroatoms. The van der Waals surface area contributed by atoms with Gasteiger partial charge in [0.25, 0.3) is 5.91 Å². The largest absolute Gasteiger partial charge is 0.459 e. The van der Waals surface area contributed by atoms with E-state index >= 15 is 0 Å². The summed E-state index contributed by atoms with van der Waals surface area (Å²) < 4.78 is 27.4. The molecule has 0 radical (unpaired) electrons. The van der Waals surface area contributed by atoms with Crippen LogP contribution in [0.2, 0.25) is 0 Å². The molecule has 17 heavy (non-hydrogen) atoms. The fourth-order valence-corrected chi connectivity index (χ4v) is 3.90. The Labute approximate surface area is 100 Å². The first-order valence-corrected chi connectivity index (χ1v) is 7.41. The van der Waals surface area contributed by atoms with Crippen LogP contribution in [0.15, 0.2) is 22.8 Å². The van der Waals surface area contributed by atoms with E-state index in [1.807, 2.05) is 0 Å². The molecule has 94 valence electrons. The highest BCUT2D eigenvalue weighted by atomic mass is 32.2. The normalized spacial score (nSPS) is 22.5. The van der Waals surface area contributed by atoms with E-state index in [0.29, 0.717) is 19.4 Å². The van der Waals surface area contributed by atoms with E-state index in [-0.39, 0.29) is 29.1 Å². The van der Waals surface area contributed by atoms with Crippen LogP contribution in [0, 0.1) is 5.92 Å². The summed E-state index contributed by atoms with van der Waals surface area (Å²) in [6, 6.07) is 3.24. The average Bonchev–Trinajstić information content (AvgIpc) is 2.87. The molecule has 1 amide bonds. The summed E-state index contributed by atoms with van der Waals surface area (Å²) in [5.41, 5.74) is 0. The van der Waals surface area contributed by atoms with Crippen molar-refractivity contribution >= 4 is 15.7 Å². The monoisotopic (exact) mass is 257 g/mol. The van der Waals surface area contributed by atoms with Gasteiger partial charge in [0.15, 0.2) is 15.6 Å². The van der Waals surface area contributed by atoms with Crippen LogP contribution >= 0.6 is 0 Å². The zero-order valence-corrected chi connectivity index (χ0v) is 10.2. The summed E-state index contributed by atoms with van der Waals surface area (Å²) in [5, 5.41) is 2.71. The molecule has 0 aliphatic carbocycles. The third kappa shape index (κ3) is 3.33. The van der Waals surface area contributed by atoms with Gasteiger partial charge in [-0.05, 0) is 30.9 Å². The standard InChI is InChI=1S/C11H15NO4S/c13-11(10-2-1-6-16-10)12-5-3-9-4-7-17(14,15)8-9/h1-2,6,9H,3-5,7-8H2,(H,12,13). The van der Waals surface area contributed by atoms with E-state index in [2.05, 4.69) is 5.32 Å². The summed E-state index contributed by atoms with van der Waals surface area (Å²) in [6.45, 7) is 0.486. The summed E-state index contributed by atoms with van der Waals surface area (Å²) in [4.78, 5) is 11.5. The Hall–Kier alpha value is -1.30. The smallest absolute Gasteiger partial charge is 0.286 e. The SMILES string of the molecule is O=C(NCCC1CCS(=O)(=O)C1)c1ccco1. The van der Waals surface area contributed by atoms with Crippen molar-refractivity contribution in [2.24, 2.45) is 5.92 Å². The molecule has 0 bridgehead atoms. The molecule has 1 unspecified atom stereocenters. The number of carbonyl (C=O) groups is 1. The van der Waals surface area contributed by atoms with Crippen LogP contribution in [-0.4, -0.2) is 32.4 Å². The molecule has 1 N–H and O–H groups in total. The fraction of sp³-hybridized carbons (Fsp3) is 0.545. The number of sulfone groups is 1. The van der Waals surface area contributed by atoms with Crippen molar-refractivity contribution in [2.75, 3.05) is 18.1 Å². The maximum atomic E-state index is 11.5. The molecule has 5 nitrogen and oxygen atoms in total. The maximum absolute atomic E-state index is 11.5. The lowest BCUT2D eigenvalue weighted by Crippen LogP contribution is -2.25. The lowest BCUT2D eigenvalue weighted by Gasteiger charge is -2.07. The van der Waals surface area contributed by atoms with Crippen LogP contribution in [0.3, 0.4) is 0 Å². The molecule has 1 saturated heterocycles. The van der Waals surface area contributed by atoms with E-state index in [1.165, 1.54) is 6.26 Å². The van der Waals surface area contributed by atoms with Gasteiger partial charge in [-0.2, -0.15) is 0 Å².